The summed E-state index contributed by atoms with van der Waals surface area (Å²) in [5.74, 6) is 1.22. The third-order valence-corrected chi connectivity index (χ3v) is 2.23. The van der Waals surface area contributed by atoms with Gasteiger partial charge in [-0.15, -0.1) is 0 Å². The van der Waals surface area contributed by atoms with Crippen LogP contribution in [0.25, 0.3) is 0 Å². The van der Waals surface area contributed by atoms with Crippen LogP contribution in [0.5, 0.6) is 0 Å². The number of amides is 2. The molecule has 0 unspecified atom stereocenters. The lowest BCUT2D eigenvalue weighted by molar-refractivity contribution is 0.242. The van der Waals surface area contributed by atoms with Crippen LogP contribution in [0.3, 0.4) is 0 Å². The average molecular weight is 190 g/mol. The summed E-state index contributed by atoms with van der Waals surface area (Å²) in [6.07, 6.45) is 5.64. The molecule has 0 aliphatic carbocycles. The maximum absolute atomic E-state index is 10.7. The lowest BCUT2D eigenvalue weighted by Crippen LogP contribution is -2.33. The predicted octanol–water partition coefficient (Wildman–Crippen LogP) is 1.45. The molecule has 0 aromatic carbocycles. The highest BCUT2D eigenvalue weighted by molar-refractivity contribution is 7.98. The van der Waals surface area contributed by atoms with Gasteiger partial charge in [-0.25, -0.2) is 4.79 Å². The Hall–Kier alpha value is -0.380. The van der Waals surface area contributed by atoms with Crippen molar-refractivity contribution in [1.82, 2.24) is 10.6 Å². The lowest BCUT2D eigenvalue weighted by Gasteiger charge is -2.03. The van der Waals surface area contributed by atoms with Crippen molar-refractivity contribution in [2.75, 3.05) is 25.6 Å². The SMILES string of the molecule is CNC(=O)NCCCCCSC. The summed E-state index contributed by atoms with van der Waals surface area (Å²) in [6.45, 7) is 0.786. The van der Waals surface area contributed by atoms with Crippen LogP contribution in [-0.2, 0) is 0 Å². The molecule has 2 amide bonds. The molecule has 0 bridgehead atoms. The molecule has 4 heteroatoms. The molecule has 0 aromatic rings. The highest BCUT2D eigenvalue weighted by Gasteiger charge is 1.93. The zero-order valence-electron chi connectivity index (χ0n) is 7.85. The van der Waals surface area contributed by atoms with E-state index in [0.29, 0.717) is 0 Å². The summed E-state index contributed by atoms with van der Waals surface area (Å²) in [6, 6.07) is -0.0835. The number of hydrogen-bond acceptors (Lipinski definition) is 2. The van der Waals surface area contributed by atoms with Gasteiger partial charge in [0.05, 0.1) is 0 Å². The molecule has 0 aromatic heterocycles. The summed E-state index contributed by atoms with van der Waals surface area (Å²) >= 11 is 1.87. The van der Waals surface area contributed by atoms with Gasteiger partial charge in [-0.3, -0.25) is 0 Å². The van der Waals surface area contributed by atoms with Crippen LogP contribution in [0.2, 0.25) is 0 Å². The van der Waals surface area contributed by atoms with Gasteiger partial charge in [0.2, 0.25) is 0 Å². The van der Waals surface area contributed by atoms with Crippen molar-refractivity contribution >= 4 is 17.8 Å². The Labute approximate surface area is 78.7 Å². The Morgan fingerprint density at radius 3 is 2.67 bits per heavy atom. The van der Waals surface area contributed by atoms with Crippen molar-refractivity contribution in [3.8, 4) is 0 Å². The van der Waals surface area contributed by atoms with Crippen molar-refractivity contribution in [3.05, 3.63) is 0 Å². The summed E-state index contributed by atoms with van der Waals surface area (Å²) in [7, 11) is 1.63. The second-order valence-electron chi connectivity index (χ2n) is 2.56. The van der Waals surface area contributed by atoms with Gasteiger partial charge < -0.3 is 10.6 Å². The van der Waals surface area contributed by atoms with Crippen LogP contribution in [-0.4, -0.2) is 31.6 Å². The fourth-order valence-corrected chi connectivity index (χ4v) is 1.33. The fourth-order valence-electron chi connectivity index (χ4n) is 0.838. The van der Waals surface area contributed by atoms with E-state index < -0.39 is 0 Å². The molecule has 0 aliphatic rings. The first-order valence-electron chi connectivity index (χ1n) is 4.25. The standard InChI is InChI=1S/C8H18N2OS/c1-9-8(11)10-6-4-3-5-7-12-2/h3-7H2,1-2H3,(H2,9,10,11). The summed E-state index contributed by atoms with van der Waals surface area (Å²) in [5.41, 5.74) is 0. The van der Waals surface area contributed by atoms with Crippen molar-refractivity contribution < 1.29 is 4.79 Å². The predicted molar refractivity (Wildman–Crippen MR) is 54.7 cm³/mol. The monoisotopic (exact) mass is 190 g/mol. The molecule has 0 aliphatic heterocycles. The first-order chi connectivity index (χ1) is 5.81. The van der Waals surface area contributed by atoms with E-state index in [-0.39, 0.29) is 6.03 Å². The lowest BCUT2D eigenvalue weighted by atomic mass is 10.2. The molecule has 0 spiro atoms. The minimum atomic E-state index is -0.0835. The molecule has 2 N–H and O–H groups in total. The van der Waals surface area contributed by atoms with Gasteiger partial charge in [-0.2, -0.15) is 11.8 Å². The minimum Gasteiger partial charge on any atom is -0.341 e. The number of unbranched alkanes of at least 4 members (excludes halogenated alkanes) is 2. The van der Waals surface area contributed by atoms with Gasteiger partial charge in [-0.1, -0.05) is 6.42 Å². The summed E-state index contributed by atoms with van der Waals surface area (Å²) in [5, 5.41) is 5.27. The van der Waals surface area contributed by atoms with Crippen molar-refractivity contribution in [2.24, 2.45) is 0 Å². The normalized spacial score (nSPS) is 9.50. The number of nitrogens with one attached hydrogen (secondary N) is 2. The molecule has 0 saturated carbocycles. The van der Waals surface area contributed by atoms with Gasteiger partial charge in [0.15, 0.2) is 0 Å². The molecule has 0 atom stereocenters. The van der Waals surface area contributed by atoms with Gasteiger partial charge in [-0.05, 0) is 24.9 Å². The van der Waals surface area contributed by atoms with Gasteiger partial charge in [0.25, 0.3) is 0 Å². The number of carbonyl (C=O) groups is 1. The van der Waals surface area contributed by atoms with Crippen molar-refractivity contribution in [1.29, 1.82) is 0 Å². The van der Waals surface area contributed by atoms with Gasteiger partial charge >= 0.3 is 6.03 Å². The van der Waals surface area contributed by atoms with E-state index in [9.17, 15) is 4.79 Å². The van der Waals surface area contributed by atoms with Crippen LogP contribution in [0, 0.1) is 0 Å². The van der Waals surface area contributed by atoms with Crippen molar-refractivity contribution in [3.63, 3.8) is 0 Å². The van der Waals surface area contributed by atoms with Gasteiger partial charge in [0.1, 0.15) is 0 Å². The van der Waals surface area contributed by atoms with Crippen LogP contribution < -0.4 is 10.6 Å². The number of rotatable bonds is 6. The molecular weight excluding hydrogens is 172 g/mol. The Bertz CT molecular complexity index is 120. The Kier molecular flexibility index (Phi) is 8.44. The van der Waals surface area contributed by atoms with E-state index >= 15 is 0 Å². The van der Waals surface area contributed by atoms with Crippen LogP contribution >= 0.6 is 11.8 Å². The van der Waals surface area contributed by atoms with E-state index in [1.165, 1.54) is 18.6 Å². The maximum atomic E-state index is 10.7. The number of urea groups is 1. The zero-order valence-corrected chi connectivity index (χ0v) is 8.67. The third-order valence-electron chi connectivity index (χ3n) is 1.54. The topological polar surface area (TPSA) is 41.1 Å². The van der Waals surface area contributed by atoms with E-state index in [0.717, 1.165) is 13.0 Å². The highest BCUT2D eigenvalue weighted by atomic mass is 32.2. The van der Waals surface area contributed by atoms with Crippen LogP contribution in [0.4, 0.5) is 4.79 Å². The quantitative estimate of drug-likeness (QED) is 0.622. The molecule has 12 heavy (non-hydrogen) atoms. The average Bonchev–Trinajstić information content (AvgIpc) is 2.10. The summed E-state index contributed by atoms with van der Waals surface area (Å²) < 4.78 is 0. The largest absolute Gasteiger partial charge is 0.341 e. The number of thioether (sulfide) groups is 1. The Morgan fingerprint density at radius 1 is 1.33 bits per heavy atom. The molecule has 72 valence electrons. The highest BCUT2D eigenvalue weighted by Crippen LogP contribution is 2.00. The fraction of sp³-hybridized carbons (Fsp3) is 0.875. The number of carbonyl (C=O) groups excluding carboxylic acids is 1. The Balaban J connectivity index is 2.95. The summed E-state index contributed by atoms with van der Waals surface area (Å²) in [4.78, 5) is 10.7. The molecule has 0 fully saturated rings. The van der Waals surface area contributed by atoms with Crippen LogP contribution in [0.1, 0.15) is 19.3 Å². The van der Waals surface area contributed by atoms with E-state index in [1.807, 2.05) is 11.8 Å². The molecule has 3 nitrogen and oxygen atoms in total. The maximum Gasteiger partial charge on any atom is 0.314 e. The molecular formula is C8H18N2OS. The first kappa shape index (κ1) is 11.6. The molecule has 0 rings (SSSR count). The van der Waals surface area contributed by atoms with E-state index in [2.05, 4.69) is 16.9 Å². The van der Waals surface area contributed by atoms with E-state index in [4.69, 9.17) is 0 Å². The smallest absolute Gasteiger partial charge is 0.314 e. The molecule has 0 saturated heterocycles. The third kappa shape index (κ3) is 7.72. The zero-order chi connectivity index (χ0) is 9.23. The minimum absolute atomic E-state index is 0.0835. The van der Waals surface area contributed by atoms with Gasteiger partial charge in [0, 0.05) is 13.6 Å². The first-order valence-corrected chi connectivity index (χ1v) is 5.65. The molecule has 0 radical (unpaired) electrons. The van der Waals surface area contributed by atoms with Crippen molar-refractivity contribution in [2.45, 2.75) is 19.3 Å². The second kappa shape index (κ2) is 8.71. The molecule has 0 heterocycles. The van der Waals surface area contributed by atoms with E-state index in [1.54, 1.807) is 7.05 Å². The van der Waals surface area contributed by atoms with Crippen LogP contribution in [0.15, 0.2) is 0 Å². The Morgan fingerprint density at radius 2 is 2.08 bits per heavy atom. The second-order valence-corrected chi connectivity index (χ2v) is 3.54. The number of hydrogen-bond donors (Lipinski definition) is 2.